The van der Waals surface area contributed by atoms with E-state index in [0.29, 0.717) is 13.2 Å². The summed E-state index contributed by atoms with van der Waals surface area (Å²) in [5.74, 6) is 0.815. The van der Waals surface area contributed by atoms with Crippen molar-refractivity contribution in [2.75, 3.05) is 6.54 Å². The molecule has 0 aromatic heterocycles. The van der Waals surface area contributed by atoms with Gasteiger partial charge in [0.05, 0.1) is 0 Å². The second-order valence-electron chi connectivity index (χ2n) is 6.62. The van der Waals surface area contributed by atoms with E-state index in [1.54, 1.807) is 0 Å². The quantitative estimate of drug-likeness (QED) is 0.888. The van der Waals surface area contributed by atoms with Crippen LogP contribution < -0.4 is 16.2 Å². The number of rotatable bonds is 5. The van der Waals surface area contributed by atoms with Crippen molar-refractivity contribution in [1.29, 1.82) is 0 Å². The highest BCUT2D eigenvalue weighted by Gasteiger charge is 2.18. The zero-order valence-corrected chi connectivity index (χ0v) is 13.7. The van der Waals surface area contributed by atoms with Crippen LogP contribution in [-0.4, -0.2) is 6.54 Å². The van der Waals surface area contributed by atoms with Gasteiger partial charge in [0, 0.05) is 18.2 Å². The second-order valence-corrected chi connectivity index (χ2v) is 6.62. The van der Waals surface area contributed by atoms with E-state index in [4.69, 9.17) is 16.2 Å². The largest absolute Gasteiger partial charge is 0.489 e. The van der Waals surface area contributed by atoms with Crippen LogP contribution in [0.5, 0.6) is 5.75 Å². The van der Waals surface area contributed by atoms with E-state index in [9.17, 15) is 0 Å². The first-order chi connectivity index (χ1) is 10.4. The molecule has 0 heterocycles. The number of hydrogen-bond acceptors (Lipinski definition) is 3. The van der Waals surface area contributed by atoms with E-state index in [-0.39, 0.29) is 11.5 Å². The minimum Gasteiger partial charge on any atom is -0.489 e. The summed E-state index contributed by atoms with van der Waals surface area (Å²) in [7, 11) is 0. The fourth-order valence-electron chi connectivity index (χ4n) is 2.30. The van der Waals surface area contributed by atoms with Crippen LogP contribution in [-0.2, 0) is 12.0 Å². The Labute approximate surface area is 133 Å². The first-order valence-corrected chi connectivity index (χ1v) is 7.68. The highest BCUT2D eigenvalue weighted by atomic mass is 16.5. The van der Waals surface area contributed by atoms with Gasteiger partial charge in [-0.25, -0.2) is 0 Å². The molecular formula is C19H26N2O. The Morgan fingerprint density at radius 2 is 1.73 bits per heavy atom. The Morgan fingerprint density at radius 1 is 1.05 bits per heavy atom. The van der Waals surface area contributed by atoms with Crippen molar-refractivity contribution in [3.8, 4) is 5.75 Å². The lowest BCUT2D eigenvalue weighted by atomic mass is 9.85. The molecule has 3 nitrogen and oxygen atoms in total. The SMILES string of the molecule is CC(C)(C)c1ccc(OCc2ccccc2)c(C(N)CN)c1. The maximum absolute atomic E-state index is 6.17. The van der Waals surface area contributed by atoms with E-state index in [1.807, 2.05) is 36.4 Å². The highest BCUT2D eigenvalue weighted by Crippen LogP contribution is 2.31. The summed E-state index contributed by atoms with van der Waals surface area (Å²) in [5.41, 5.74) is 15.3. The van der Waals surface area contributed by atoms with Gasteiger partial charge in [-0.15, -0.1) is 0 Å². The Balaban J connectivity index is 2.26. The molecule has 3 heteroatoms. The van der Waals surface area contributed by atoms with Crippen molar-refractivity contribution in [1.82, 2.24) is 0 Å². The summed E-state index contributed by atoms with van der Waals surface area (Å²) in [4.78, 5) is 0. The Kier molecular flexibility index (Phi) is 5.22. The molecule has 0 saturated carbocycles. The standard InChI is InChI=1S/C19H26N2O/c1-19(2,3)15-9-10-18(16(11-15)17(21)12-20)22-13-14-7-5-4-6-8-14/h4-11,17H,12-13,20-21H2,1-3H3. The Morgan fingerprint density at radius 3 is 2.32 bits per heavy atom. The van der Waals surface area contributed by atoms with Crippen LogP contribution in [0.4, 0.5) is 0 Å². The first-order valence-electron chi connectivity index (χ1n) is 7.68. The van der Waals surface area contributed by atoms with E-state index in [0.717, 1.165) is 16.9 Å². The number of ether oxygens (including phenoxy) is 1. The third kappa shape index (κ3) is 4.09. The molecule has 4 N–H and O–H groups in total. The third-order valence-corrected chi connectivity index (χ3v) is 3.77. The lowest BCUT2D eigenvalue weighted by Crippen LogP contribution is -2.22. The summed E-state index contributed by atoms with van der Waals surface area (Å²) < 4.78 is 5.98. The summed E-state index contributed by atoms with van der Waals surface area (Å²) >= 11 is 0. The van der Waals surface area contributed by atoms with Crippen LogP contribution in [0.25, 0.3) is 0 Å². The van der Waals surface area contributed by atoms with Crippen molar-refractivity contribution >= 4 is 0 Å². The lowest BCUT2D eigenvalue weighted by molar-refractivity contribution is 0.301. The Hall–Kier alpha value is -1.84. The van der Waals surface area contributed by atoms with Crippen LogP contribution in [0.1, 0.15) is 43.5 Å². The number of benzene rings is 2. The maximum atomic E-state index is 6.17. The second kappa shape index (κ2) is 6.95. The fourth-order valence-corrected chi connectivity index (χ4v) is 2.30. The number of nitrogens with two attached hydrogens (primary N) is 2. The molecule has 0 radical (unpaired) electrons. The summed E-state index contributed by atoms with van der Waals surface area (Å²) in [5, 5.41) is 0. The van der Waals surface area contributed by atoms with Crippen molar-refractivity contribution in [2.24, 2.45) is 11.5 Å². The van der Waals surface area contributed by atoms with Gasteiger partial charge < -0.3 is 16.2 Å². The van der Waals surface area contributed by atoms with Gasteiger partial charge in [0.15, 0.2) is 0 Å². The molecule has 2 aromatic rings. The Bertz CT molecular complexity index is 603. The van der Waals surface area contributed by atoms with E-state index in [1.165, 1.54) is 5.56 Å². The molecule has 2 aromatic carbocycles. The van der Waals surface area contributed by atoms with Gasteiger partial charge in [-0.05, 0) is 28.7 Å². The first kappa shape index (κ1) is 16.5. The zero-order valence-electron chi connectivity index (χ0n) is 13.7. The van der Waals surface area contributed by atoms with Gasteiger partial charge in [0.1, 0.15) is 12.4 Å². The van der Waals surface area contributed by atoms with E-state index in [2.05, 4.69) is 32.9 Å². The number of hydrogen-bond donors (Lipinski definition) is 2. The van der Waals surface area contributed by atoms with Crippen molar-refractivity contribution in [3.05, 3.63) is 65.2 Å². The van der Waals surface area contributed by atoms with Crippen molar-refractivity contribution < 1.29 is 4.74 Å². The van der Waals surface area contributed by atoms with E-state index >= 15 is 0 Å². The van der Waals surface area contributed by atoms with Gasteiger partial charge in [0.25, 0.3) is 0 Å². The molecule has 0 bridgehead atoms. The molecule has 1 atom stereocenters. The minimum atomic E-state index is -0.215. The minimum absolute atomic E-state index is 0.0705. The van der Waals surface area contributed by atoms with Gasteiger partial charge in [0.2, 0.25) is 0 Å². The molecule has 0 aliphatic carbocycles. The molecule has 0 spiro atoms. The highest BCUT2D eigenvalue weighted by molar-refractivity contribution is 5.42. The molecule has 0 aliphatic heterocycles. The monoisotopic (exact) mass is 298 g/mol. The molecule has 22 heavy (non-hydrogen) atoms. The molecule has 0 saturated heterocycles. The molecule has 0 aliphatic rings. The zero-order chi connectivity index (χ0) is 16.2. The molecule has 0 amide bonds. The third-order valence-electron chi connectivity index (χ3n) is 3.77. The van der Waals surface area contributed by atoms with E-state index < -0.39 is 0 Å². The van der Waals surface area contributed by atoms with Gasteiger partial charge in [-0.1, -0.05) is 57.2 Å². The summed E-state index contributed by atoms with van der Waals surface area (Å²) in [6.45, 7) is 7.48. The lowest BCUT2D eigenvalue weighted by Gasteiger charge is -2.23. The molecular weight excluding hydrogens is 272 g/mol. The van der Waals surface area contributed by atoms with Crippen LogP contribution in [0.3, 0.4) is 0 Å². The predicted molar refractivity (Wildman–Crippen MR) is 91.9 cm³/mol. The van der Waals surface area contributed by atoms with Crippen LogP contribution >= 0.6 is 0 Å². The predicted octanol–water partition coefficient (Wildman–Crippen LogP) is 3.52. The maximum Gasteiger partial charge on any atom is 0.124 e. The van der Waals surface area contributed by atoms with Crippen LogP contribution in [0.15, 0.2) is 48.5 Å². The summed E-state index contributed by atoms with van der Waals surface area (Å²) in [6.07, 6.45) is 0. The summed E-state index contributed by atoms with van der Waals surface area (Å²) in [6, 6.07) is 16.1. The normalized spacial score (nSPS) is 13.0. The van der Waals surface area contributed by atoms with Gasteiger partial charge in [-0.2, -0.15) is 0 Å². The molecule has 2 rings (SSSR count). The van der Waals surface area contributed by atoms with Crippen LogP contribution in [0, 0.1) is 0 Å². The smallest absolute Gasteiger partial charge is 0.124 e. The molecule has 1 unspecified atom stereocenters. The fraction of sp³-hybridized carbons (Fsp3) is 0.368. The van der Waals surface area contributed by atoms with Crippen molar-refractivity contribution in [3.63, 3.8) is 0 Å². The van der Waals surface area contributed by atoms with Crippen molar-refractivity contribution in [2.45, 2.75) is 38.8 Å². The average molecular weight is 298 g/mol. The topological polar surface area (TPSA) is 61.3 Å². The molecule has 0 fully saturated rings. The van der Waals surface area contributed by atoms with Gasteiger partial charge in [-0.3, -0.25) is 0 Å². The average Bonchev–Trinajstić information content (AvgIpc) is 2.52. The van der Waals surface area contributed by atoms with Gasteiger partial charge >= 0.3 is 0 Å². The molecule has 118 valence electrons. The van der Waals surface area contributed by atoms with Crippen LogP contribution in [0.2, 0.25) is 0 Å².